The molecular formula is C25H28N4O3. The second-order valence-corrected chi connectivity index (χ2v) is 8.42. The van der Waals surface area contributed by atoms with E-state index in [1.165, 1.54) is 6.33 Å². The molecule has 2 fully saturated rings. The minimum absolute atomic E-state index is 0.236. The number of hydrogen-bond donors (Lipinski definition) is 0. The number of benzene rings is 2. The van der Waals surface area contributed by atoms with E-state index in [1.807, 2.05) is 29.2 Å². The van der Waals surface area contributed by atoms with Crippen molar-refractivity contribution in [2.75, 3.05) is 51.4 Å². The van der Waals surface area contributed by atoms with Crippen molar-refractivity contribution in [3.63, 3.8) is 0 Å². The zero-order valence-electron chi connectivity index (χ0n) is 18.4. The van der Waals surface area contributed by atoms with Gasteiger partial charge in [-0.3, -0.25) is 4.79 Å². The maximum Gasteiger partial charge on any atom is 0.233 e. The van der Waals surface area contributed by atoms with Crippen LogP contribution in [0, 0.1) is 0 Å². The van der Waals surface area contributed by atoms with Crippen LogP contribution >= 0.6 is 0 Å². The quantitative estimate of drug-likeness (QED) is 0.631. The molecule has 0 spiro atoms. The standard InChI is InChI=1S/C25H28N4O3/c1-31-23-21-17-20(7-8-22(21)26-18-27-23)28-11-13-29(14-12-28)24(30)25(9-15-32-16-10-25)19-5-3-2-4-6-19/h2-8,17-18H,9-16H2,1H3. The highest BCUT2D eigenvalue weighted by atomic mass is 16.5. The van der Waals surface area contributed by atoms with Gasteiger partial charge in [-0.25, -0.2) is 9.97 Å². The Hall–Kier alpha value is -3.19. The lowest BCUT2D eigenvalue weighted by molar-refractivity contribution is -0.141. The summed E-state index contributed by atoms with van der Waals surface area (Å²) in [6.45, 7) is 4.23. The van der Waals surface area contributed by atoms with E-state index in [0.29, 0.717) is 32.2 Å². The van der Waals surface area contributed by atoms with Gasteiger partial charge in [0.25, 0.3) is 0 Å². The molecule has 0 atom stereocenters. The number of anilines is 1. The summed E-state index contributed by atoms with van der Waals surface area (Å²) >= 11 is 0. The Morgan fingerprint density at radius 1 is 1.00 bits per heavy atom. The highest BCUT2D eigenvalue weighted by Gasteiger charge is 2.44. The average molecular weight is 433 g/mol. The summed E-state index contributed by atoms with van der Waals surface area (Å²) in [4.78, 5) is 26.7. The molecule has 32 heavy (non-hydrogen) atoms. The molecule has 2 aromatic carbocycles. The minimum Gasteiger partial charge on any atom is -0.480 e. The van der Waals surface area contributed by atoms with Crippen molar-refractivity contribution < 1.29 is 14.3 Å². The van der Waals surface area contributed by atoms with Gasteiger partial charge in [0.05, 0.1) is 23.4 Å². The third-order valence-electron chi connectivity index (χ3n) is 6.79. The Balaban J connectivity index is 1.34. The Kier molecular flexibility index (Phi) is 5.66. The fourth-order valence-electron chi connectivity index (χ4n) is 4.95. The van der Waals surface area contributed by atoms with Crippen molar-refractivity contribution in [2.24, 2.45) is 0 Å². The molecule has 166 valence electrons. The topological polar surface area (TPSA) is 67.8 Å². The van der Waals surface area contributed by atoms with Crippen LogP contribution in [0.2, 0.25) is 0 Å². The molecule has 7 heteroatoms. The van der Waals surface area contributed by atoms with E-state index < -0.39 is 5.41 Å². The number of amides is 1. The van der Waals surface area contributed by atoms with E-state index in [1.54, 1.807) is 7.11 Å². The van der Waals surface area contributed by atoms with E-state index >= 15 is 0 Å². The van der Waals surface area contributed by atoms with Crippen LogP contribution in [0.3, 0.4) is 0 Å². The second kappa shape index (κ2) is 8.74. The monoisotopic (exact) mass is 432 g/mol. The average Bonchev–Trinajstić information content (AvgIpc) is 2.88. The van der Waals surface area contributed by atoms with Gasteiger partial charge in [-0.2, -0.15) is 0 Å². The summed E-state index contributed by atoms with van der Waals surface area (Å²) in [5.41, 5.74) is 2.59. The van der Waals surface area contributed by atoms with E-state index in [9.17, 15) is 4.79 Å². The molecule has 0 radical (unpaired) electrons. The molecule has 3 heterocycles. The maximum atomic E-state index is 13.8. The summed E-state index contributed by atoms with van der Waals surface area (Å²) < 4.78 is 11.0. The van der Waals surface area contributed by atoms with Gasteiger partial charge in [0.2, 0.25) is 11.8 Å². The van der Waals surface area contributed by atoms with Gasteiger partial charge < -0.3 is 19.3 Å². The van der Waals surface area contributed by atoms with Crippen LogP contribution < -0.4 is 9.64 Å². The number of carbonyl (C=O) groups is 1. The molecule has 2 aliphatic heterocycles. The fourth-order valence-corrected chi connectivity index (χ4v) is 4.95. The Labute approximate surface area is 188 Å². The molecule has 1 amide bonds. The first-order chi connectivity index (χ1) is 15.7. The largest absolute Gasteiger partial charge is 0.480 e. The van der Waals surface area contributed by atoms with E-state index in [-0.39, 0.29) is 5.91 Å². The van der Waals surface area contributed by atoms with Gasteiger partial charge in [0.15, 0.2) is 0 Å². The molecule has 1 aromatic heterocycles. The summed E-state index contributed by atoms with van der Waals surface area (Å²) in [6, 6.07) is 16.4. The number of fused-ring (bicyclic) bond motifs is 1. The number of rotatable bonds is 4. The van der Waals surface area contributed by atoms with Crippen LogP contribution in [0.1, 0.15) is 18.4 Å². The highest BCUT2D eigenvalue weighted by Crippen LogP contribution is 2.37. The number of hydrogen-bond acceptors (Lipinski definition) is 6. The normalized spacial score (nSPS) is 18.5. The van der Waals surface area contributed by atoms with E-state index in [4.69, 9.17) is 9.47 Å². The predicted molar refractivity (Wildman–Crippen MR) is 123 cm³/mol. The van der Waals surface area contributed by atoms with Crippen LogP contribution in [-0.4, -0.2) is 67.3 Å². The first kappa shape index (κ1) is 20.7. The molecule has 0 N–H and O–H groups in total. The van der Waals surface area contributed by atoms with Crippen LogP contribution in [-0.2, 0) is 14.9 Å². The van der Waals surface area contributed by atoms with Crippen molar-refractivity contribution in [3.05, 3.63) is 60.4 Å². The number of piperazine rings is 1. The fraction of sp³-hybridized carbons (Fsp3) is 0.400. The predicted octanol–water partition coefficient (Wildman–Crippen LogP) is 3.04. The van der Waals surface area contributed by atoms with Crippen molar-refractivity contribution in [3.8, 4) is 5.88 Å². The molecule has 7 nitrogen and oxygen atoms in total. The third kappa shape index (κ3) is 3.66. The van der Waals surface area contributed by atoms with E-state index in [2.05, 4.69) is 39.1 Å². The van der Waals surface area contributed by atoms with Gasteiger partial charge in [-0.05, 0) is 36.6 Å². The molecule has 3 aromatic rings. The number of ether oxygens (including phenoxy) is 2. The number of methoxy groups -OCH3 is 1. The number of carbonyl (C=O) groups excluding carboxylic acids is 1. The molecule has 0 saturated carbocycles. The first-order valence-corrected chi connectivity index (χ1v) is 11.2. The van der Waals surface area contributed by atoms with Gasteiger partial charge in [-0.15, -0.1) is 0 Å². The van der Waals surface area contributed by atoms with Gasteiger partial charge in [-0.1, -0.05) is 30.3 Å². The first-order valence-electron chi connectivity index (χ1n) is 11.2. The van der Waals surface area contributed by atoms with Crippen LogP contribution in [0.4, 0.5) is 5.69 Å². The lowest BCUT2D eigenvalue weighted by Crippen LogP contribution is -2.56. The summed E-state index contributed by atoms with van der Waals surface area (Å²) in [5, 5.41) is 0.899. The molecule has 5 rings (SSSR count). The van der Waals surface area contributed by atoms with Crippen molar-refractivity contribution >= 4 is 22.5 Å². The molecular weight excluding hydrogens is 404 g/mol. The number of aromatic nitrogens is 2. The SMILES string of the molecule is COc1ncnc2ccc(N3CCN(C(=O)C4(c5ccccc5)CCOCC4)CC3)cc12. The summed E-state index contributed by atoms with van der Waals surface area (Å²) in [6.07, 6.45) is 2.99. The molecule has 2 aliphatic rings. The Bertz CT molecular complexity index is 1090. The van der Waals surface area contributed by atoms with Crippen molar-refractivity contribution in [2.45, 2.75) is 18.3 Å². The van der Waals surface area contributed by atoms with Crippen molar-refractivity contribution in [1.82, 2.24) is 14.9 Å². The zero-order chi connectivity index (χ0) is 22.0. The van der Waals surface area contributed by atoms with Crippen LogP contribution in [0.5, 0.6) is 5.88 Å². The molecule has 0 unspecified atom stereocenters. The van der Waals surface area contributed by atoms with Gasteiger partial charge in [0.1, 0.15) is 6.33 Å². The smallest absolute Gasteiger partial charge is 0.233 e. The Morgan fingerprint density at radius 2 is 1.75 bits per heavy atom. The summed E-state index contributed by atoms with van der Waals surface area (Å²) in [7, 11) is 1.62. The molecule has 2 saturated heterocycles. The zero-order valence-corrected chi connectivity index (χ0v) is 18.4. The summed E-state index contributed by atoms with van der Waals surface area (Å²) in [5.74, 6) is 0.815. The Morgan fingerprint density at radius 3 is 2.47 bits per heavy atom. The lowest BCUT2D eigenvalue weighted by Gasteiger charge is -2.43. The van der Waals surface area contributed by atoms with Gasteiger partial charge in [0, 0.05) is 45.1 Å². The molecule has 0 aliphatic carbocycles. The van der Waals surface area contributed by atoms with Crippen LogP contribution in [0.15, 0.2) is 54.9 Å². The van der Waals surface area contributed by atoms with Crippen molar-refractivity contribution in [1.29, 1.82) is 0 Å². The highest BCUT2D eigenvalue weighted by molar-refractivity contribution is 5.89. The van der Waals surface area contributed by atoms with Gasteiger partial charge >= 0.3 is 0 Å². The maximum absolute atomic E-state index is 13.8. The second-order valence-electron chi connectivity index (χ2n) is 8.42. The van der Waals surface area contributed by atoms with Crippen LogP contribution in [0.25, 0.3) is 10.9 Å². The molecule has 0 bridgehead atoms. The number of nitrogens with zero attached hydrogens (tertiary/aromatic N) is 4. The minimum atomic E-state index is -0.477. The lowest BCUT2D eigenvalue weighted by atomic mass is 9.73. The van der Waals surface area contributed by atoms with E-state index in [0.717, 1.165) is 48.1 Å². The third-order valence-corrected chi connectivity index (χ3v) is 6.79.